The largest absolute Gasteiger partial charge is 0.490 e. The number of H-pyrrole nitrogens is 1. The minimum atomic E-state index is -5.08. The second-order valence-corrected chi connectivity index (χ2v) is 6.63. The third-order valence-corrected chi connectivity index (χ3v) is 4.51. The zero-order valence-corrected chi connectivity index (χ0v) is 16.3. The molecule has 1 aliphatic rings. The molecule has 8 nitrogen and oxygen atoms in total. The summed E-state index contributed by atoms with van der Waals surface area (Å²) in [6, 6.07) is 14.9. The number of halogens is 3. The molecule has 32 heavy (non-hydrogen) atoms. The molecule has 3 heterocycles. The first-order valence-electron chi connectivity index (χ1n) is 9.25. The van der Waals surface area contributed by atoms with E-state index in [-0.39, 0.29) is 5.91 Å². The lowest BCUT2D eigenvalue weighted by Crippen LogP contribution is -2.31. The van der Waals surface area contributed by atoms with Crippen LogP contribution in [0.25, 0.3) is 11.3 Å². The van der Waals surface area contributed by atoms with Gasteiger partial charge < -0.3 is 20.6 Å². The van der Waals surface area contributed by atoms with Gasteiger partial charge in [0.25, 0.3) is 5.91 Å². The third kappa shape index (κ3) is 5.12. The Balaban J connectivity index is 0.000000360. The Labute approximate surface area is 179 Å². The maximum atomic E-state index is 11.9. The van der Waals surface area contributed by atoms with Gasteiger partial charge in [0.1, 0.15) is 5.71 Å². The van der Waals surface area contributed by atoms with Crippen LogP contribution in [0.2, 0.25) is 0 Å². The molecule has 0 bridgehead atoms. The maximum absolute atomic E-state index is 11.9. The summed E-state index contributed by atoms with van der Waals surface area (Å²) in [5.41, 5.74) is 5.08. The van der Waals surface area contributed by atoms with E-state index in [1.54, 1.807) is 6.20 Å². The Hall–Kier alpha value is -4.15. The maximum Gasteiger partial charge on any atom is 0.490 e. The number of alkyl halides is 3. The summed E-state index contributed by atoms with van der Waals surface area (Å²) in [5, 5.41) is 22.8. The fourth-order valence-electron chi connectivity index (χ4n) is 3.03. The second-order valence-electron chi connectivity index (χ2n) is 6.63. The molecule has 4 N–H and O–H groups in total. The number of nitrogens with zero attached hydrogens (tertiary/aromatic N) is 2. The minimum Gasteiger partial charge on any atom is -0.475 e. The summed E-state index contributed by atoms with van der Waals surface area (Å²) in [6.07, 6.45) is -2.63. The predicted octanol–water partition coefficient (Wildman–Crippen LogP) is 3.22. The Bertz CT molecular complexity index is 1160. The van der Waals surface area contributed by atoms with Gasteiger partial charge in [-0.25, -0.2) is 4.79 Å². The molecule has 0 radical (unpaired) electrons. The first kappa shape index (κ1) is 22.5. The molecule has 2 aromatic heterocycles. The van der Waals surface area contributed by atoms with Crippen LogP contribution in [0, 0.1) is 0 Å². The van der Waals surface area contributed by atoms with Crippen molar-refractivity contribution in [1.82, 2.24) is 15.3 Å². The number of carbonyl (C=O) groups excluding carboxylic acids is 1. The predicted molar refractivity (Wildman–Crippen MR) is 108 cm³/mol. The van der Waals surface area contributed by atoms with Gasteiger partial charge in [0.15, 0.2) is 0 Å². The number of rotatable bonds is 3. The summed E-state index contributed by atoms with van der Waals surface area (Å²) in [4.78, 5) is 28.5. The van der Waals surface area contributed by atoms with Crippen molar-refractivity contribution in [3.8, 4) is 11.3 Å². The molecular formula is C21H17F3N4O4. The number of carboxylic acids is 1. The molecule has 0 unspecified atom stereocenters. The van der Waals surface area contributed by atoms with E-state index in [2.05, 4.69) is 20.4 Å². The number of carboxylic acid groups (broad SMARTS) is 1. The van der Waals surface area contributed by atoms with Gasteiger partial charge in [-0.05, 0) is 18.2 Å². The van der Waals surface area contributed by atoms with Crippen LogP contribution in [-0.2, 0) is 11.2 Å². The average molecular weight is 446 g/mol. The second kappa shape index (κ2) is 9.33. The lowest BCUT2D eigenvalue weighted by molar-refractivity contribution is -0.192. The van der Waals surface area contributed by atoms with E-state index in [9.17, 15) is 23.2 Å². The molecule has 3 aromatic rings. The highest BCUT2D eigenvalue weighted by Crippen LogP contribution is 2.25. The SMILES string of the molecule is O=C(O)C(F)(F)F.O=C1NCCc2[nH]c(-c3ccnc(/C(=N/O)c4ccccc4)c3)cc21. The molecular weight excluding hydrogens is 429 g/mol. The zero-order chi connectivity index (χ0) is 23.3. The summed E-state index contributed by atoms with van der Waals surface area (Å²) < 4.78 is 31.7. The topological polar surface area (TPSA) is 128 Å². The van der Waals surface area contributed by atoms with Crippen LogP contribution >= 0.6 is 0 Å². The van der Waals surface area contributed by atoms with Gasteiger partial charge in [-0.3, -0.25) is 9.78 Å². The molecule has 1 aliphatic heterocycles. The van der Waals surface area contributed by atoms with Crippen molar-refractivity contribution >= 4 is 17.6 Å². The van der Waals surface area contributed by atoms with Gasteiger partial charge in [-0.15, -0.1) is 0 Å². The van der Waals surface area contributed by atoms with E-state index in [0.717, 1.165) is 28.9 Å². The molecule has 4 rings (SSSR count). The van der Waals surface area contributed by atoms with Gasteiger partial charge in [0.2, 0.25) is 0 Å². The van der Waals surface area contributed by atoms with E-state index in [1.807, 2.05) is 48.5 Å². The third-order valence-electron chi connectivity index (χ3n) is 4.51. The number of hydrogen-bond donors (Lipinski definition) is 4. The van der Waals surface area contributed by atoms with Crippen LogP contribution < -0.4 is 5.32 Å². The Morgan fingerprint density at radius 3 is 2.41 bits per heavy atom. The number of oxime groups is 1. The number of benzene rings is 1. The van der Waals surface area contributed by atoms with Crippen LogP contribution in [0.3, 0.4) is 0 Å². The van der Waals surface area contributed by atoms with E-state index in [4.69, 9.17) is 9.90 Å². The fraction of sp³-hybridized carbons (Fsp3) is 0.143. The summed E-state index contributed by atoms with van der Waals surface area (Å²) in [7, 11) is 0. The molecule has 0 atom stereocenters. The molecule has 0 aliphatic carbocycles. The van der Waals surface area contributed by atoms with Crippen molar-refractivity contribution in [3.05, 3.63) is 77.2 Å². The van der Waals surface area contributed by atoms with E-state index < -0.39 is 12.1 Å². The van der Waals surface area contributed by atoms with Gasteiger partial charge in [0.05, 0.1) is 11.3 Å². The average Bonchev–Trinajstić information content (AvgIpc) is 3.21. The molecule has 1 amide bonds. The monoisotopic (exact) mass is 446 g/mol. The summed E-state index contributed by atoms with van der Waals surface area (Å²) in [6.45, 7) is 0.642. The number of amides is 1. The van der Waals surface area contributed by atoms with Crippen molar-refractivity contribution in [2.45, 2.75) is 12.6 Å². The number of aliphatic carboxylic acids is 1. The molecule has 0 fully saturated rings. The van der Waals surface area contributed by atoms with E-state index in [1.165, 1.54) is 0 Å². The van der Waals surface area contributed by atoms with Crippen molar-refractivity contribution in [2.24, 2.45) is 5.16 Å². The number of aromatic amines is 1. The van der Waals surface area contributed by atoms with E-state index in [0.29, 0.717) is 23.5 Å². The number of nitrogens with one attached hydrogen (secondary N) is 2. The Kier molecular flexibility index (Phi) is 6.57. The number of hydrogen-bond acceptors (Lipinski definition) is 5. The zero-order valence-electron chi connectivity index (χ0n) is 16.3. The number of fused-ring (bicyclic) bond motifs is 1. The minimum absolute atomic E-state index is 0.0556. The molecule has 0 saturated heterocycles. The van der Waals surface area contributed by atoms with Crippen LogP contribution in [-0.4, -0.2) is 50.6 Å². The lowest BCUT2D eigenvalue weighted by Gasteiger charge is -2.11. The van der Waals surface area contributed by atoms with Crippen LogP contribution in [0.4, 0.5) is 13.2 Å². The summed E-state index contributed by atoms with van der Waals surface area (Å²) in [5.74, 6) is -2.81. The van der Waals surface area contributed by atoms with Crippen LogP contribution in [0.15, 0.2) is 59.9 Å². The van der Waals surface area contributed by atoms with Gasteiger partial charge in [-0.2, -0.15) is 13.2 Å². The first-order valence-corrected chi connectivity index (χ1v) is 9.25. The number of aromatic nitrogens is 2. The molecule has 0 spiro atoms. The number of pyridine rings is 1. The molecule has 11 heteroatoms. The normalized spacial score (nSPS) is 13.5. The lowest BCUT2D eigenvalue weighted by atomic mass is 10.0. The first-order chi connectivity index (χ1) is 15.2. The molecule has 0 saturated carbocycles. The van der Waals surface area contributed by atoms with Gasteiger partial charge >= 0.3 is 12.1 Å². The fourth-order valence-corrected chi connectivity index (χ4v) is 3.03. The van der Waals surface area contributed by atoms with Gasteiger partial charge in [-0.1, -0.05) is 35.5 Å². The molecule has 166 valence electrons. The van der Waals surface area contributed by atoms with Crippen molar-refractivity contribution in [2.75, 3.05) is 6.54 Å². The highest BCUT2D eigenvalue weighted by molar-refractivity contribution is 6.11. The van der Waals surface area contributed by atoms with Crippen LogP contribution in [0.1, 0.15) is 27.3 Å². The smallest absolute Gasteiger partial charge is 0.475 e. The highest BCUT2D eigenvalue weighted by atomic mass is 19.4. The quantitative estimate of drug-likeness (QED) is 0.279. The van der Waals surface area contributed by atoms with Crippen molar-refractivity contribution in [1.29, 1.82) is 0 Å². The summed E-state index contributed by atoms with van der Waals surface area (Å²) >= 11 is 0. The Morgan fingerprint density at radius 2 is 1.81 bits per heavy atom. The van der Waals surface area contributed by atoms with E-state index >= 15 is 0 Å². The van der Waals surface area contributed by atoms with Crippen molar-refractivity contribution in [3.63, 3.8) is 0 Å². The van der Waals surface area contributed by atoms with Crippen molar-refractivity contribution < 1.29 is 33.1 Å². The van der Waals surface area contributed by atoms with Gasteiger partial charge in [0, 0.05) is 41.7 Å². The highest BCUT2D eigenvalue weighted by Gasteiger charge is 2.38. The Morgan fingerprint density at radius 1 is 1.12 bits per heavy atom. The standard InChI is InChI=1S/C19H16N4O2.C2HF3O2/c24-19-14-11-16(22-15(14)7-9-21-19)13-6-8-20-17(10-13)18(23-25)12-4-2-1-3-5-12;3-2(4,5)1(6)7/h1-6,8,10-11,22,25H,7,9H2,(H,21,24);(H,6,7)/b23-18+;. The molecule has 1 aromatic carbocycles. The number of carbonyl (C=O) groups is 2. The van der Waals surface area contributed by atoms with Crippen LogP contribution in [0.5, 0.6) is 0 Å².